The third kappa shape index (κ3) is 3.85. The number of hydrogen-bond donors (Lipinski definition) is 0. The molecule has 0 aromatic heterocycles. The molecule has 0 atom stereocenters. The van der Waals surface area contributed by atoms with Crippen molar-refractivity contribution in [2.24, 2.45) is 15.3 Å². The van der Waals surface area contributed by atoms with Crippen LogP contribution in [0.1, 0.15) is 11.7 Å². The molecule has 5 nitrogen and oxygen atoms in total. The van der Waals surface area contributed by atoms with E-state index in [1.165, 1.54) is 5.56 Å². The minimum atomic E-state index is 0.159. The summed E-state index contributed by atoms with van der Waals surface area (Å²) in [4.78, 5) is 2.81. The van der Waals surface area contributed by atoms with Gasteiger partial charge in [-0.25, -0.2) is 0 Å². The number of nitrogens with zero attached hydrogens (tertiary/aromatic N) is 5. The maximum Gasteiger partial charge on any atom is 0.206 e. The Morgan fingerprint density at radius 3 is 2.26 bits per heavy atom. The average Bonchev–Trinajstić information content (AvgIpc) is 3.43. The van der Waals surface area contributed by atoms with Crippen LogP contribution in [0.3, 0.4) is 0 Å². The van der Waals surface area contributed by atoms with Crippen molar-refractivity contribution in [1.29, 1.82) is 0 Å². The van der Waals surface area contributed by atoms with Gasteiger partial charge in [0.2, 0.25) is 6.17 Å². The van der Waals surface area contributed by atoms with E-state index < -0.39 is 0 Å². The first-order valence-electron chi connectivity index (χ1n) is 6.97. The molecule has 0 N–H and O–H groups in total. The highest BCUT2D eigenvalue weighted by molar-refractivity contribution is 14.1. The van der Waals surface area contributed by atoms with E-state index in [4.69, 9.17) is 5.53 Å². The summed E-state index contributed by atoms with van der Waals surface area (Å²) in [6.07, 6.45) is 0.159. The Bertz CT molecular complexity index is 895. The minimum Gasteiger partial charge on any atom is -0.157 e. The van der Waals surface area contributed by atoms with Gasteiger partial charge in [-0.2, -0.15) is 10.2 Å². The molecule has 0 spiro atoms. The Kier molecular flexibility index (Phi) is 4.85. The fraction of sp³-hybridized carbons (Fsp3) is 0.0588. The lowest BCUT2D eigenvalue weighted by Crippen LogP contribution is -1.76. The van der Waals surface area contributed by atoms with Crippen LogP contribution in [-0.2, 0) is 0 Å². The van der Waals surface area contributed by atoms with Gasteiger partial charge < -0.3 is 0 Å². The molecule has 0 saturated carbocycles. The lowest BCUT2D eigenvalue weighted by Gasteiger charge is -2.02. The molecule has 0 amide bonds. The molecular formula is C17H12IN5. The maximum absolute atomic E-state index is 8.40. The lowest BCUT2D eigenvalue weighted by atomic mass is 10.1. The largest absolute Gasteiger partial charge is 0.206 e. The molecule has 0 fully saturated rings. The highest BCUT2D eigenvalue weighted by atomic mass is 127. The Labute approximate surface area is 146 Å². The van der Waals surface area contributed by atoms with Crippen LogP contribution in [0.25, 0.3) is 21.2 Å². The van der Waals surface area contributed by atoms with E-state index in [0.29, 0.717) is 5.69 Å². The predicted octanol–water partition coefficient (Wildman–Crippen LogP) is 6.54. The van der Waals surface area contributed by atoms with Gasteiger partial charge in [0.25, 0.3) is 0 Å². The fourth-order valence-corrected chi connectivity index (χ4v) is 2.86. The molecule has 0 bridgehead atoms. The van der Waals surface area contributed by atoms with Crippen LogP contribution in [-0.4, -0.2) is 0 Å². The summed E-state index contributed by atoms with van der Waals surface area (Å²) in [5.74, 6) is 0. The Morgan fingerprint density at radius 1 is 0.870 bits per heavy atom. The van der Waals surface area contributed by atoms with Gasteiger partial charge in [0.1, 0.15) is 0 Å². The van der Waals surface area contributed by atoms with Gasteiger partial charge in [-0.1, -0.05) is 65.8 Å². The van der Waals surface area contributed by atoms with Crippen molar-refractivity contribution < 1.29 is 0 Å². The Morgan fingerprint density at radius 2 is 1.57 bits per heavy atom. The summed E-state index contributed by atoms with van der Waals surface area (Å²) in [6.45, 7) is 0. The summed E-state index contributed by atoms with van der Waals surface area (Å²) >= 11 is 2.27. The van der Waals surface area contributed by atoms with Gasteiger partial charge in [0.05, 0.1) is 0 Å². The van der Waals surface area contributed by atoms with Crippen LogP contribution in [0, 0.1) is 3.57 Å². The number of hydrogen-bond acceptors (Lipinski definition) is 3. The predicted molar refractivity (Wildman–Crippen MR) is 99.5 cm³/mol. The molecule has 1 heterocycles. The van der Waals surface area contributed by atoms with Gasteiger partial charge in [-0.3, -0.25) is 0 Å². The van der Waals surface area contributed by atoms with Crippen LogP contribution >= 0.6 is 22.6 Å². The van der Waals surface area contributed by atoms with Crippen molar-refractivity contribution in [3.05, 3.63) is 86.3 Å². The van der Waals surface area contributed by atoms with Crippen LogP contribution in [0.15, 0.2) is 82.1 Å². The molecular weight excluding hydrogens is 401 g/mol. The van der Waals surface area contributed by atoms with Crippen molar-refractivity contribution in [2.75, 3.05) is 0 Å². The molecule has 3 aromatic rings. The highest BCUT2D eigenvalue weighted by Gasteiger charge is 2.16. The van der Waals surface area contributed by atoms with Crippen molar-refractivity contribution in [3.8, 4) is 0 Å². The zero-order valence-corrected chi connectivity index (χ0v) is 14.2. The minimum absolute atomic E-state index is 0.159. The second-order valence-corrected chi connectivity index (χ2v) is 5.98. The second kappa shape index (κ2) is 7.21. The SMILES string of the molecule is [N-]=[N+]=Nc1cccc2c(I)cccc12.c1ccc(C2N=N2)cc1. The van der Waals surface area contributed by atoms with Crippen LogP contribution < -0.4 is 0 Å². The molecule has 3 aromatic carbocycles. The quantitative estimate of drug-likeness (QED) is 0.198. The first-order valence-corrected chi connectivity index (χ1v) is 8.05. The summed E-state index contributed by atoms with van der Waals surface area (Å²) in [5.41, 5.74) is 10.3. The van der Waals surface area contributed by atoms with E-state index in [9.17, 15) is 0 Å². The van der Waals surface area contributed by atoms with Gasteiger partial charge in [-0.05, 0) is 45.0 Å². The normalized spacial score (nSPS) is 12.2. The monoisotopic (exact) mass is 413 g/mol. The molecule has 1 aliphatic rings. The topological polar surface area (TPSA) is 73.5 Å². The van der Waals surface area contributed by atoms with Crippen LogP contribution in [0.2, 0.25) is 0 Å². The fourth-order valence-electron chi connectivity index (χ4n) is 2.18. The smallest absolute Gasteiger partial charge is 0.157 e. The number of azide groups is 1. The van der Waals surface area contributed by atoms with Crippen molar-refractivity contribution in [1.82, 2.24) is 0 Å². The first kappa shape index (κ1) is 15.5. The zero-order chi connectivity index (χ0) is 16.1. The van der Waals surface area contributed by atoms with Gasteiger partial charge in [-0.15, -0.1) is 0 Å². The third-order valence-electron chi connectivity index (χ3n) is 3.33. The number of rotatable bonds is 2. The van der Waals surface area contributed by atoms with Gasteiger partial charge >= 0.3 is 0 Å². The Balaban J connectivity index is 0.000000149. The maximum atomic E-state index is 8.40. The van der Waals surface area contributed by atoms with E-state index >= 15 is 0 Å². The van der Waals surface area contributed by atoms with E-state index in [0.717, 1.165) is 14.3 Å². The average molecular weight is 413 g/mol. The summed E-state index contributed by atoms with van der Waals surface area (Å²) in [5, 5.41) is 13.4. The van der Waals surface area contributed by atoms with Crippen molar-refractivity contribution in [3.63, 3.8) is 0 Å². The molecule has 112 valence electrons. The van der Waals surface area contributed by atoms with Gasteiger partial charge in [0, 0.05) is 19.7 Å². The van der Waals surface area contributed by atoms with Crippen LogP contribution in [0.5, 0.6) is 0 Å². The second-order valence-electron chi connectivity index (χ2n) is 4.82. The number of fused-ring (bicyclic) bond motifs is 1. The molecule has 23 heavy (non-hydrogen) atoms. The van der Waals surface area contributed by atoms with Gasteiger partial charge in [0.15, 0.2) is 0 Å². The molecule has 6 heteroatoms. The van der Waals surface area contributed by atoms with E-state index in [1.807, 2.05) is 66.7 Å². The standard InChI is InChI=1S/C10H6IN3.C7H6N2/c11-9-5-1-4-8-7(9)3-2-6-10(8)13-14-12;1-2-4-6(5-3-1)7-8-9-7/h1-6H;1-5,7H. The Hall–Kier alpha value is -2.44. The molecule has 0 aliphatic carbocycles. The summed E-state index contributed by atoms with van der Waals surface area (Å²) < 4.78 is 1.16. The highest BCUT2D eigenvalue weighted by Crippen LogP contribution is 2.30. The molecule has 1 aliphatic heterocycles. The molecule has 0 saturated heterocycles. The summed E-state index contributed by atoms with van der Waals surface area (Å²) in [6, 6.07) is 21.7. The van der Waals surface area contributed by atoms with E-state index in [1.54, 1.807) is 0 Å². The zero-order valence-electron chi connectivity index (χ0n) is 12.0. The molecule has 4 rings (SSSR count). The van der Waals surface area contributed by atoms with E-state index in [-0.39, 0.29) is 6.17 Å². The van der Waals surface area contributed by atoms with Crippen molar-refractivity contribution >= 4 is 39.1 Å². The van der Waals surface area contributed by atoms with E-state index in [2.05, 4.69) is 42.8 Å². The number of benzene rings is 3. The number of halogens is 1. The van der Waals surface area contributed by atoms with Crippen LogP contribution in [0.4, 0.5) is 5.69 Å². The first-order chi connectivity index (χ1) is 11.3. The summed E-state index contributed by atoms with van der Waals surface area (Å²) in [7, 11) is 0. The molecule has 0 unspecified atom stereocenters. The molecule has 0 radical (unpaired) electrons. The van der Waals surface area contributed by atoms with Crippen molar-refractivity contribution in [2.45, 2.75) is 6.17 Å². The third-order valence-corrected chi connectivity index (χ3v) is 4.27. The lowest BCUT2D eigenvalue weighted by molar-refractivity contribution is 1.05.